The van der Waals surface area contributed by atoms with E-state index < -0.39 is 0 Å². The van der Waals surface area contributed by atoms with Gasteiger partial charge in [-0.3, -0.25) is 0 Å². The Morgan fingerprint density at radius 1 is 1.40 bits per heavy atom. The summed E-state index contributed by atoms with van der Waals surface area (Å²) < 4.78 is 10.7. The van der Waals surface area contributed by atoms with Crippen LogP contribution < -0.4 is 4.74 Å². The van der Waals surface area contributed by atoms with Gasteiger partial charge in [-0.05, 0) is 28.8 Å². The topological polar surface area (TPSA) is 38.7 Å². The highest BCUT2D eigenvalue weighted by atomic mass is 16.5. The van der Waals surface area contributed by atoms with Crippen molar-refractivity contribution in [2.24, 2.45) is 0 Å². The van der Waals surface area contributed by atoms with Crippen LogP contribution in [0.15, 0.2) is 12.1 Å². The van der Waals surface area contributed by atoms with Crippen LogP contribution >= 0.6 is 0 Å². The fraction of sp³-hybridized carbons (Fsp3) is 0.500. The Labute approximate surface area is 89.6 Å². The molecule has 1 aromatic carbocycles. The van der Waals surface area contributed by atoms with Crippen LogP contribution in [0.3, 0.4) is 0 Å². The first-order valence-electron chi connectivity index (χ1n) is 5.14. The fourth-order valence-corrected chi connectivity index (χ4v) is 1.89. The third-order valence-electron chi connectivity index (χ3n) is 2.87. The summed E-state index contributed by atoms with van der Waals surface area (Å²) in [5.41, 5.74) is 3.47. The van der Waals surface area contributed by atoms with Gasteiger partial charge in [-0.1, -0.05) is 6.92 Å². The molecule has 0 aliphatic carbocycles. The van der Waals surface area contributed by atoms with Crippen molar-refractivity contribution in [3.63, 3.8) is 0 Å². The monoisotopic (exact) mass is 208 g/mol. The summed E-state index contributed by atoms with van der Waals surface area (Å²) in [4.78, 5) is 0. The Morgan fingerprint density at radius 3 is 2.67 bits per heavy atom. The third-order valence-corrected chi connectivity index (χ3v) is 2.87. The van der Waals surface area contributed by atoms with Gasteiger partial charge in [0.15, 0.2) is 0 Å². The van der Waals surface area contributed by atoms with Gasteiger partial charge in [-0.2, -0.15) is 0 Å². The predicted octanol–water partition coefficient (Wildman–Crippen LogP) is 1.82. The molecule has 3 heteroatoms. The van der Waals surface area contributed by atoms with Gasteiger partial charge in [-0.15, -0.1) is 0 Å². The van der Waals surface area contributed by atoms with E-state index in [9.17, 15) is 0 Å². The van der Waals surface area contributed by atoms with Gasteiger partial charge in [0.2, 0.25) is 0 Å². The van der Waals surface area contributed by atoms with Crippen LogP contribution in [0.25, 0.3) is 0 Å². The molecule has 0 amide bonds. The number of ether oxygens (including phenoxy) is 2. The second kappa shape index (κ2) is 4.21. The summed E-state index contributed by atoms with van der Waals surface area (Å²) in [5, 5.41) is 9.17. The van der Waals surface area contributed by atoms with Gasteiger partial charge in [-0.25, -0.2) is 0 Å². The molecule has 3 nitrogen and oxygen atoms in total. The summed E-state index contributed by atoms with van der Waals surface area (Å²) in [5.74, 6) is 0.951. The normalized spacial score (nSPS) is 16.2. The first kappa shape index (κ1) is 10.5. The number of fused-ring (bicyclic) bond motifs is 1. The maximum Gasteiger partial charge on any atom is 0.122 e. The molecule has 0 saturated carbocycles. The zero-order valence-corrected chi connectivity index (χ0v) is 9.12. The van der Waals surface area contributed by atoms with Gasteiger partial charge in [0.1, 0.15) is 5.75 Å². The lowest BCUT2D eigenvalue weighted by atomic mass is 9.96. The lowest BCUT2D eigenvalue weighted by molar-refractivity contribution is 0.134. The summed E-state index contributed by atoms with van der Waals surface area (Å²) in [6.45, 7) is 3.46. The zero-order valence-electron chi connectivity index (χ0n) is 9.12. The van der Waals surface area contributed by atoms with Gasteiger partial charge in [0, 0.05) is 12.5 Å². The van der Waals surface area contributed by atoms with E-state index in [1.54, 1.807) is 7.11 Å². The number of rotatable bonds is 3. The molecule has 0 saturated heterocycles. The van der Waals surface area contributed by atoms with Crippen molar-refractivity contribution in [2.75, 3.05) is 13.7 Å². The van der Waals surface area contributed by atoms with Gasteiger partial charge in [0.05, 0.1) is 20.3 Å². The molecule has 2 rings (SSSR count). The first-order valence-corrected chi connectivity index (χ1v) is 5.14. The molecule has 1 aromatic rings. The molecule has 1 heterocycles. The molecule has 1 atom stereocenters. The highest BCUT2D eigenvalue weighted by Gasteiger charge is 2.18. The van der Waals surface area contributed by atoms with E-state index in [1.807, 2.05) is 13.0 Å². The Morgan fingerprint density at radius 2 is 2.07 bits per heavy atom. The molecule has 15 heavy (non-hydrogen) atoms. The molecule has 1 N–H and O–H groups in total. The predicted molar refractivity (Wildman–Crippen MR) is 57.0 cm³/mol. The largest absolute Gasteiger partial charge is 0.496 e. The number of aliphatic hydroxyl groups is 1. The van der Waals surface area contributed by atoms with Crippen LogP contribution in [0, 0.1) is 0 Å². The van der Waals surface area contributed by atoms with E-state index >= 15 is 0 Å². The molecule has 0 spiro atoms. The number of aliphatic hydroxyl groups excluding tert-OH is 1. The van der Waals surface area contributed by atoms with E-state index in [-0.39, 0.29) is 12.5 Å². The second-order valence-corrected chi connectivity index (χ2v) is 3.94. The molecular weight excluding hydrogens is 192 g/mol. The van der Waals surface area contributed by atoms with Crippen molar-refractivity contribution >= 4 is 0 Å². The Bertz CT molecular complexity index is 360. The second-order valence-electron chi connectivity index (χ2n) is 3.94. The number of methoxy groups -OCH3 is 1. The Kier molecular flexibility index (Phi) is 2.93. The number of benzene rings is 1. The first-order chi connectivity index (χ1) is 7.26. The van der Waals surface area contributed by atoms with Crippen molar-refractivity contribution in [1.29, 1.82) is 0 Å². The van der Waals surface area contributed by atoms with Crippen molar-refractivity contribution in [2.45, 2.75) is 26.1 Å². The Balaban J connectivity index is 2.44. The summed E-state index contributed by atoms with van der Waals surface area (Å²) in [6.07, 6.45) is 0. The molecule has 0 aromatic heterocycles. The molecule has 1 aliphatic heterocycles. The van der Waals surface area contributed by atoms with Crippen molar-refractivity contribution in [3.8, 4) is 5.75 Å². The zero-order chi connectivity index (χ0) is 10.8. The maximum absolute atomic E-state index is 9.17. The molecular formula is C12H16O3. The summed E-state index contributed by atoms with van der Waals surface area (Å²) in [6, 6.07) is 4.10. The lowest BCUT2D eigenvalue weighted by Crippen LogP contribution is -2.03. The highest BCUT2D eigenvalue weighted by Crippen LogP contribution is 2.32. The third kappa shape index (κ3) is 1.85. The quantitative estimate of drug-likeness (QED) is 0.823. The minimum Gasteiger partial charge on any atom is -0.496 e. The van der Waals surface area contributed by atoms with Crippen molar-refractivity contribution in [3.05, 3.63) is 28.8 Å². The van der Waals surface area contributed by atoms with E-state index in [2.05, 4.69) is 6.07 Å². The minimum absolute atomic E-state index is 0.103. The number of hydrogen-bond donors (Lipinski definition) is 1. The molecule has 0 fully saturated rings. The van der Waals surface area contributed by atoms with Gasteiger partial charge < -0.3 is 14.6 Å². The van der Waals surface area contributed by atoms with Crippen LogP contribution in [-0.2, 0) is 18.0 Å². The SMILES string of the molecule is COc1cc2c(cc1C(C)CO)COC2. The Hall–Kier alpha value is -1.06. The maximum atomic E-state index is 9.17. The van der Waals surface area contributed by atoms with Crippen LogP contribution in [0.4, 0.5) is 0 Å². The molecule has 1 aliphatic rings. The standard InChI is InChI=1S/C12H16O3/c1-8(5-13)11-3-9-6-15-7-10(9)4-12(11)14-2/h3-4,8,13H,5-7H2,1-2H3. The molecule has 1 unspecified atom stereocenters. The number of hydrogen-bond acceptors (Lipinski definition) is 3. The fourth-order valence-electron chi connectivity index (χ4n) is 1.89. The molecule has 0 radical (unpaired) electrons. The summed E-state index contributed by atoms with van der Waals surface area (Å²) in [7, 11) is 1.66. The summed E-state index contributed by atoms with van der Waals surface area (Å²) >= 11 is 0. The van der Waals surface area contributed by atoms with Crippen LogP contribution in [0.5, 0.6) is 5.75 Å². The minimum atomic E-state index is 0.103. The van der Waals surface area contributed by atoms with Crippen LogP contribution in [0.2, 0.25) is 0 Å². The van der Waals surface area contributed by atoms with Crippen LogP contribution in [-0.4, -0.2) is 18.8 Å². The van der Waals surface area contributed by atoms with E-state index in [0.29, 0.717) is 13.2 Å². The average Bonchev–Trinajstić information content (AvgIpc) is 2.73. The van der Waals surface area contributed by atoms with Crippen LogP contribution in [0.1, 0.15) is 29.5 Å². The highest BCUT2D eigenvalue weighted by molar-refractivity contribution is 5.45. The average molecular weight is 208 g/mol. The van der Waals surface area contributed by atoms with E-state index in [0.717, 1.165) is 11.3 Å². The van der Waals surface area contributed by atoms with E-state index in [4.69, 9.17) is 14.6 Å². The smallest absolute Gasteiger partial charge is 0.122 e. The van der Waals surface area contributed by atoms with Crippen molar-refractivity contribution in [1.82, 2.24) is 0 Å². The van der Waals surface area contributed by atoms with Crippen molar-refractivity contribution < 1.29 is 14.6 Å². The molecule has 0 bridgehead atoms. The van der Waals surface area contributed by atoms with E-state index in [1.165, 1.54) is 11.1 Å². The lowest BCUT2D eigenvalue weighted by Gasteiger charge is -2.15. The van der Waals surface area contributed by atoms with Gasteiger partial charge in [0.25, 0.3) is 0 Å². The molecule has 82 valence electrons. The van der Waals surface area contributed by atoms with Gasteiger partial charge >= 0.3 is 0 Å².